The molecular weight excluding hydrogens is 562 g/mol. The van der Waals surface area contributed by atoms with Crippen LogP contribution in [0.25, 0.3) is 10.4 Å². The second-order valence-corrected chi connectivity index (χ2v) is 13.9. The van der Waals surface area contributed by atoms with Crippen molar-refractivity contribution < 1.29 is 24.2 Å². The van der Waals surface area contributed by atoms with Gasteiger partial charge in [-0.3, -0.25) is 14.4 Å². The molecule has 1 aromatic heterocycles. The average molecular weight is 604 g/mol. The molecule has 43 heavy (non-hydrogen) atoms. The van der Waals surface area contributed by atoms with Gasteiger partial charge in [-0.05, 0) is 57.2 Å². The minimum absolute atomic E-state index is 0.0215. The van der Waals surface area contributed by atoms with E-state index in [1.165, 1.54) is 4.90 Å². The smallest absolute Gasteiger partial charge is 0.243 e. The number of nitrogens with zero attached hydrogens (tertiary/aromatic N) is 2. The van der Waals surface area contributed by atoms with Crippen molar-refractivity contribution in [2.45, 2.75) is 78.7 Å². The van der Waals surface area contributed by atoms with E-state index in [9.17, 15) is 19.5 Å². The van der Waals surface area contributed by atoms with E-state index in [4.69, 9.17) is 4.74 Å². The van der Waals surface area contributed by atoms with Crippen molar-refractivity contribution in [2.75, 3.05) is 6.54 Å². The van der Waals surface area contributed by atoms with Crippen LogP contribution in [0, 0.1) is 24.7 Å². The Labute approximate surface area is 257 Å². The number of aromatic nitrogens is 1. The molecule has 2 aromatic carbocycles. The third kappa shape index (κ3) is 6.53. The Hall–Kier alpha value is -3.56. The number of hydrogen-bond acceptors (Lipinski definition) is 7. The Morgan fingerprint density at radius 3 is 2.58 bits per heavy atom. The van der Waals surface area contributed by atoms with Crippen molar-refractivity contribution in [1.29, 1.82) is 0 Å². The van der Waals surface area contributed by atoms with Crippen LogP contribution >= 0.6 is 11.3 Å². The minimum Gasteiger partial charge on any atom is -0.488 e. The number of carbonyl (C=O) groups excluding carboxylic acids is 3. The van der Waals surface area contributed by atoms with E-state index in [2.05, 4.69) is 10.3 Å². The van der Waals surface area contributed by atoms with Crippen LogP contribution in [0.2, 0.25) is 0 Å². The van der Waals surface area contributed by atoms with Crippen LogP contribution in [-0.4, -0.2) is 56.9 Å². The number of amides is 2. The lowest BCUT2D eigenvalue weighted by Gasteiger charge is -2.32. The number of Topliss-reactive ketones (excluding diaryl/α,β-unsaturated/α-hetero) is 1. The Kier molecular flexibility index (Phi) is 8.77. The molecule has 228 valence electrons. The summed E-state index contributed by atoms with van der Waals surface area (Å²) in [7, 11) is 0. The third-order valence-electron chi connectivity index (χ3n) is 8.31. The largest absolute Gasteiger partial charge is 0.488 e. The lowest BCUT2D eigenvalue weighted by Crippen LogP contribution is -2.50. The Morgan fingerprint density at radius 2 is 1.93 bits per heavy atom. The van der Waals surface area contributed by atoms with Crippen LogP contribution in [0.3, 0.4) is 0 Å². The van der Waals surface area contributed by atoms with Crippen molar-refractivity contribution in [3.8, 4) is 16.2 Å². The maximum Gasteiger partial charge on any atom is 0.243 e. The molecule has 0 radical (unpaired) electrons. The van der Waals surface area contributed by atoms with Gasteiger partial charge in [-0.1, -0.05) is 50.2 Å². The second-order valence-electron chi connectivity index (χ2n) is 13.0. The number of benzene rings is 2. The lowest BCUT2D eigenvalue weighted by atomic mass is 9.79. The number of aliphatic hydroxyl groups is 1. The van der Waals surface area contributed by atoms with Crippen LogP contribution in [0.5, 0.6) is 5.75 Å². The molecule has 1 unspecified atom stereocenters. The molecule has 1 saturated heterocycles. The van der Waals surface area contributed by atoms with Gasteiger partial charge in [-0.15, -0.1) is 11.3 Å². The number of fused-ring (bicyclic) bond motifs is 1. The molecule has 0 saturated carbocycles. The van der Waals surface area contributed by atoms with E-state index >= 15 is 0 Å². The molecule has 1 aliphatic carbocycles. The van der Waals surface area contributed by atoms with Crippen molar-refractivity contribution in [3.05, 3.63) is 70.4 Å². The first-order valence-corrected chi connectivity index (χ1v) is 15.8. The Balaban J connectivity index is 1.34. The van der Waals surface area contributed by atoms with E-state index in [1.807, 2.05) is 89.5 Å². The van der Waals surface area contributed by atoms with Gasteiger partial charge in [0.15, 0.2) is 5.78 Å². The highest BCUT2D eigenvalue weighted by molar-refractivity contribution is 7.13. The number of aliphatic hydroxyl groups excluding tert-OH is 1. The Bertz CT molecular complexity index is 1520. The zero-order valence-corrected chi connectivity index (χ0v) is 26.5. The first-order chi connectivity index (χ1) is 20.3. The lowest BCUT2D eigenvalue weighted by molar-refractivity contribution is -0.144. The van der Waals surface area contributed by atoms with Crippen molar-refractivity contribution in [1.82, 2.24) is 15.2 Å². The highest BCUT2D eigenvalue weighted by Crippen LogP contribution is 2.38. The molecular formula is C34H41N3O5S. The first kappa shape index (κ1) is 30.9. The summed E-state index contributed by atoms with van der Waals surface area (Å²) in [6, 6.07) is 12.6. The van der Waals surface area contributed by atoms with Gasteiger partial charge in [0.05, 0.1) is 28.1 Å². The van der Waals surface area contributed by atoms with Gasteiger partial charge in [-0.2, -0.15) is 0 Å². The molecule has 1 aliphatic heterocycles. The summed E-state index contributed by atoms with van der Waals surface area (Å²) < 4.78 is 6.29. The molecule has 2 N–H and O–H groups in total. The molecule has 2 amide bonds. The normalized spacial score (nSPS) is 20.8. The topological polar surface area (TPSA) is 109 Å². The fraction of sp³-hybridized carbons (Fsp3) is 0.471. The van der Waals surface area contributed by atoms with Crippen molar-refractivity contribution >= 4 is 28.9 Å². The molecule has 9 heteroatoms. The van der Waals surface area contributed by atoms with Crippen LogP contribution in [-0.2, 0) is 22.6 Å². The zero-order valence-electron chi connectivity index (χ0n) is 25.7. The zero-order chi connectivity index (χ0) is 31.1. The van der Waals surface area contributed by atoms with Gasteiger partial charge >= 0.3 is 0 Å². The van der Waals surface area contributed by atoms with Crippen molar-refractivity contribution in [2.24, 2.45) is 17.8 Å². The maximum atomic E-state index is 14.1. The number of hydrogen-bond donors (Lipinski definition) is 2. The number of rotatable bonds is 8. The van der Waals surface area contributed by atoms with Crippen LogP contribution in [0.4, 0.5) is 0 Å². The fourth-order valence-electron chi connectivity index (χ4n) is 6.32. The molecule has 0 spiro atoms. The molecule has 4 atom stereocenters. The van der Waals surface area contributed by atoms with E-state index in [0.29, 0.717) is 17.7 Å². The van der Waals surface area contributed by atoms with E-state index in [1.54, 1.807) is 11.3 Å². The molecule has 5 rings (SSSR count). The van der Waals surface area contributed by atoms with Crippen LogP contribution in [0.15, 0.2) is 48.0 Å². The van der Waals surface area contributed by atoms with E-state index in [0.717, 1.165) is 27.3 Å². The number of likely N-dealkylation sites (tertiary alicyclic amines) is 1. The first-order valence-electron chi connectivity index (χ1n) is 14.9. The van der Waals surface area contributed by atoms with Crippen LogP contribution in [0.1, 0.15) is 68.2 Å². The Morgan fingerprint density at radius 1 is 1.19 bits per heavy atom. The van der Waals surface area contributed by atoms with E-state index < -0.39 is 29.6 Å². The SMILES string of the molecule is Cc1ncsc1-c1ccc(CNC(=O)[C@@H]2C[C@@H](O)CN2C(=O)[C@H](C(C)C)C2Cc3ccccc3C2=O)c(OC(C)(C)C)c1. The maximum absolute atomic E-state index is 14.1. The standard InChI is InChI=1S/C34H41N3O5S/c1-19(2)29(26-13-21-9-7-8-10-25(21)30(26)39)33(41)37-17-24(38)15-27(37)32(40)35-16-23-12-11-22(31-20(3)36-18-43-31)14-28(23)42-34(4,5)6/h7-12,14,18-19,24,26-27,29,38H,13,15-17H2,1-6H3,(H,35,40)/t24-,26?,27+,29-/m1/s1. The number of aryl methyl sites for hydroxylation is 1. The summed E-state index contributed by atoms with van der Waals surface area (Å²) in [5, 5.41) is 13.6. The second kappa shape index (κ2) is 12.2. The number of ether oxygens (including phenoxy) is 1. The number of β-amino-alcohol motifs (C(OH)–C–C–N with tert-alkyl or cyclic N) is 1. The summed E-state index contributed by atoms with van der Waals surface area (Å²) in [4.78, 5) is 47.9. The highest BCUT2D eigenvalue weighted by Gasteiger charge is 2.47. The molecule has 8 nitrogen and oxygen atoms in total. The summed E-state index contributed by atoms with van der Waals surface area (Å²) in [5.41, 5.74) is 5.73. The van der Waals surface area contributed by atoms with Crippen LogP contribution < -0.4 is 10.1 Å². The molecule has 3 aromatic rings. The fourth-order valence-corrected chi connectivity index (χ4v) is 7.13. The minimum atomic E-state index is -0.825. The van der Waals surface area contributed by atoms with Gasteiger partial charge in [-0.25, -0.2) is 4.98 Å². The molecule has 2 aliphatic rings. The van der Waals surface area contributed by atoms with Crippen molar-refractivity contribution in [3.63, 3.8) is 0 Å². The van der Waals surface area contributed by atoms with E-state index in [-0.39, 0.29) is 43.0 Å². The summed E-state index contributed by atoms with van der Waals surface area (Å²) >= 11 is 1.56. The molecule has 0 bridgehead atoms. The van der Waals surface area contributed by atoms with Gasteiger partial charge in [0.2, 0.25) is 11.8 Å². The number of thiazole rings is 1. The number of nitrogens with one attached hydrogen (secondary N) is 1. The number of ketones is 1. The quantitative estimate of drug-likeness (QED) is 0.366. The summed E-state index contributed by atoms with van der Waals surface area (Å²) in [5.74, 6) is -1.13. The predicted octanol–water partition coefficient (Wildman–Crippen LogP) is 5.20. The number of carbonyl (C=O) groups is 3. The van der Waals surface area contributed by atoms with Gasteiger partial charge < -0.3 is 20.1 Å². The predicted molar refractivity (Wildman–Crippen MR) is 167 cm³/mol. The van der Waals surface area contributed by atoms with Gasteiger partial charge in [0, 0.05) is 36.6 Å². The molecule has 2 heterocycles. The average Bonchev–Trinajstić information content (AvgIpc) is 3.64. The van der Waals surface area contributed by atoms with Gasteiger partial charge in [0.25, 0.3) is 0 Å². The summed E-state index contributed by atoms with van der Waals surface area (Å²) in [6.45, 7) is 12.0. The third-order valence-corrected chi connectivity index (χ3v) is 9.28. The summed E-state index contributed by atoms with van der Waals surface area (Å²) in [6.07, 6.45) is -0.161. The van der Waals surface area contributed by atoms with Gasteiger partial charge in [0.1, 0.15) is 17.4 Å². The molecule has 1 fully saturated rings. The highest BCUT2D eigenvalue weighted by atomic mass is 32.1. The monoisotopic (exact) mass is 603 g/mol.